The molecule has 5 heteroatoms. The smallest absolute Gasteiger partial charge is 0.185 e. The minimum Gasteiger partial charge on any atom is -0.375 e. The second-order valence-corrected chi connectivity index (χ2v) is 5.71. The molecule has 78 valence electrons. The summed E-state index contributed by atoms with van der Waals surface area (Å²) < 4.78 is 6.52. The minimum atomic E-state index is 0.144. The molecule has 0 saturated heterocycles. The van der Waals surface area contributed by atoms with Crippen LogP contribution < -0.4 is 0 Å². The number of rotatable bonds is 5. The van der Waals surface area contributed by atoms with Crippen molar-refractivity contribution in [3.05, 3.63) is 20.8 Å². The molecule has 0 aromatic carbocycles. The molecule has 0 saturated carbocycles. The maximum absolute atomic E-state index is 10.6. The molecular formula is C9H11BrO2S2. The molecule has 1 aromatic heterocycles. The molecule has 0 radical (unpaired) electrons. The van der Waals surface area contributed by atoms with E-state index in [0.717, 1.165) is 10.2 Å². The highest BCUT2D eigenvalue weighted by molar-refractivity contribution is 9.10. The first-order valence-corrected chi connectivity index (χ1v) is 6.79. The molecular weight excluding hydrogens is 284 g/mol. The van der Waals surface area contributed by atoms with Crippen molar-refractivity contribution in [2.45, 2.75) is 13.5 Å². The average molecular weight is 295 g/mol. The summed E-state index contributed by atoms with van der Waals surface area (Å²) in [5, 5.41) is 2.17. The second kappa shape index (κ2) is 6.61. The lowest BCUT2D eigenvalue weighted by Gasteiger charge is -2.01. The van der Waals surface area contributed by atoms with Crippen LogP contribution in [-0.2, 0) is 16.1 Å². The van der Waals surface area contributed by atoms with E-state index in [-0.39, 0.29) is 5.12 Å². The van der Waals surface area contributed by atoms with Gasteiger partial charge in [-0.1, -0.05) is 11.8 Å². The van der Waals surface area contributed by atoms with Crippen molar-refractivity contribution in [3.63, 3.8) is 0 Å². The Bertz CT molecular complexity index is 299. The number of hydrogen-bond acceptors (Lipinski definition) is 4. The van der Waals surface area contributed by atoms with E-state index in [1.807, 2.05) is 11.4 Å². The fourth-order valence-corrected chi connectivity index (χ4v) is 2.73. The largest absolute Gasteiger partial charge is 0.375 e. The summed E-state index contributed by atoms with van der Waals surface area (Å²) in [5.41, 5.74) is 0. The zero-order chi connectivity index (χ0) is 10.4. The third-order valence-electron chi connectivity index (χ3n) is 1.46. The first-order chi connectivity index (χ1) is 6.70. The van der Waals surface area contributed by atoms with Gasteiger partial charge in [-0.05, 0) is 27.4 Å². The highest BCUT2D eigenvalue weighted by atomic mass is 79.9. The second-order valence-electron chi connectivity index (χ2n) is 2.58. The molecule has 0 aliphatic heterocycles. The molecule has 0 N–H and O–H groups in total. The van der Waals surface area contributed by atoms with Gasteiger partial charge in [-0.15, -0.1) is 11.3 Å². The van der Waals surface area contributed by atoms with Gasteiger partial charge >= 0.3 is 0 Å². The van der Waals surface area contributed by atoms with Crippen molar-refractivity contribution < 1.29 is 9.53 Å². The number of thiophene rings is 1. The van der Waals surface area contributed by atoms with Crippen LogP contribution in [0.5, 0.6) is 0 Å². The Morgan fingerprint density at radius 1 is 1.71 bits per heavy atom. The highest BCUT2D eigenvalue weighted by Gasteiger charge is 2.01. The molecule has 0 aliphatic rings. The highest BCUT2D eigenvalue weighted by Crippen LogP contribution is 2.23. The fraction of sp³-hybridized carbons (Fsp3) is 0.444. The Morgan fingerprint density at radius 3 is 3.07 bits per heavy atom. The van der Waals surface area contributed by atoms with E-state index >= 15 is 0 Å². The van der Waals surface area contributed by atoms with E-state index in [1.54, 1.807) is 18.3 Å². The summed E-state index contributed by atoms with van der Waals surface area (Å²) in [4.78, 5) is 11.8. The van der Waals surface area contributed by atoms with Crippen LogP contribution in [0.4, 0.5) is 0 Å². The van der Waals surface area contributed by atoms with E-state index in [4.69, 9.17) is 4.74 Å². The SMILES string of the molecule is CC(=O)SCCOCc1sccc1Br. The Kier molecular flexibility index (Phi) is 5.77. The maximum atomic E-state index is 10.6. The average Bonchev–Trinajstić information content (AvgIpc) is 2.51. The zero-order valence-corrected chi connectivity index (χ0v) is 11.0. The van der Waals surface area contributed by atoms with Crippen molar-refractivity contribution >= 4 is 44.1 Å². The quantitative estimate of drug-likeness (QED) is 0.780. The minimum absolute atomic E-state index is 0.144. The van der Waals surface area contributed by atoms with Gasteiger partial charge in [0.1, 0.15) is 0 Å². The number of ether oxygens (including phenoxy) is 1. The lowest BCUT2D eigenvalue weighted by Crippen LogP contribution is -1.98. The van der Waals surface area contributed by atoms with Crippen LogP contribution in [0.3, 0.4) is 0 Å². The van der Waals surface area contributed by atoms with Crippen LogP contribution >= 0.6 is 39.0 Å². The standard InChI is InChI=1S/C9H11BrO2S2/c1-7(11)13-5-3-12-6-9-8(10)2-4-14-9/h2,4H,3,5-6H2,1H3. The van der Waals surface area contributed by atoms with E-state index < -0.39 is 0 Å². The number of carbonyl (C=O) groups is 1. The van der Waals surface area contributed by atoms with Gasteiger partial charge in [-0.2, -0.15) is 0 Å². The topological polar surface area (TPSA) is 26.3 Å². The zero-order valence-electron chi connectivity index (χ0n) is 7.79. The lowest BCUT2D eigenvalue weighted by atomic mass is 10.5. The Morgan fingerprint density at radius 2 is 2.50 bits per heavy atom. The molecule has 0 unspecified atom stereocenters. The molecule has 0 aliphatic carbocycles. The predicted octanol–water partition coefficient (Wildman–Crippen LogP) is 3.31. The molecule has 0 spiro atoms. The number of hydrogen-bond donors (Lipinski definition) is 0. The third-order valence-corrected chi connectivity index (χ3v) is 4.13. The van der Waals surface area contributed by atoms with Crippen molar-refractivity contribution in [1.82, 2.24) is 0 Å². The fourth-order valence-electron chi connectivity index (χ4n) is 0.837. The number of halogens is 1. The summed E-state index contributed by atoms with van der Waals surface area (Å²) in [7, 11) is 0. The predicted molar refractivity (Wildman–Crippen MR) is 64.8 cm³/mol. The van der Waals surface area contributed by atoms with Crippen molar-refractivity contribution in [2.75, 3.05) is 12.4 Å². The molecule has 0 bridgehead atoms. The Labute approximate surface area is 100 Å². The normalized spacial score (nSPS) is 10.4. The first kappa shape index (κ1) is 12.2. The molecule has 1 aromatic rings. The van der Waals surface area contributed by atoms with E-state index in [2.05, 4.69) is 15.9 Å². The van der Waals surface area contributed by atoms with Crippen molar-refractivity contribution in [2.24, 2.45) is 0 Å². The van der Waals surface area contributed by atoms with E-state index in [1.165, 1.54) is 16.6 Å². The van der Waals surface area contributed by atoms with Gasteiger partial charge in [0.25, 0.3) is 0 Å². The Balaban J connectivity index is 2.10. The van der Waals surface area contributed by atoms with Crippen LogP contribution in [0.15, 0.2) is 15.9 Å². The summed E-state index contributed by atoms with van der Waals surface area (Å²) in [6, 6.07) is 2.01. The first-order valence-electron chi connectivity index (χ1n) is 4.13. The van der Waals surface area contributed by atoms with Crippen molar-refractivity contribution in [3.8, 4) is 0 Å². The summed E-state index contributed by atoms with van der Waals surface area (Å²) >= 11 is 6.40. The molecule has 1 heterocycles. The molecule has 0 atom stereocenters. The lowest BCUT2D eigenvalue weighted by molar-refractivity contribution is -0.109. The van der Waals surface area contributed by atoms with Crippen molar-refractivity contribution in [1.29, 1.82) is 0 Å². The molecule has 0 amide bonds. The third kappa shape index (κ3) is 4.59. The molecule has 1 rings (SSSR count). The van der Waals surface area contributed by atoms with Gasteiger partial charge in [0.15, 0.2) is 5.12 Å². The van der Waals surface area contributed by atoms with Gasteiger partial charge in [0.05, 0.1) is 13.2 Å². The Hall–Kier alpha value is 0.160. The molecule has 14 heavy (non-hydrogen) atoms. The molecule has 2 nitrogen and oxygen atoms in total. The summed E-state index contributed by atoms with van der Waals surface area (Å²) in [5.74, 6) is 0.734. The van der Waals surface area contributed by atoms with Gasteiger partial charge in [0.2, 0.25) is 0 Å². The summed E-state index contributed by atoms with van der Waals surface area (Å²) in [6.45, 7) is 2.81. The van der Waals surface area contributed by atoms with Crippen LogP contribution in [0, 0.1) is 0 Å². The molecule has 0 fully saturated rings. The van der Waals surface area contributed by atoms with Gasteiger partial charge < -0.3 is 4.74 Å². The van der Waals surface area contributed by atoms with E-state index in [9.17, 15) is 4.79 Å². The van der Waals surface area contributed by atoms with Gasteiger partial charge in [-0.25, -0.2) is 0 Å². The number of thioether (sulfide) groups is 1. The van der Waals surface area contributed by atoms with Crippen LogP contribution in [-0.4, -0.2) is 17.5 Å². The van der Waals surface area contributed by atoms with Gasteiger partial charge in [0, 0.05) is 22.0 Å². The van der Waals surface area contributed by atoms with Crippen LogP contribution in [0.25, 0.3) is 0 Å². The number of carbonyl (C=O) groups excluding carboxylic acids is 1. The summed E-state index contributed by atoms with van der Waals surface area (Å²) in [6.07, 6.45) is 0. The van der Waals surface area contributed by atoms with Crippen LogP contribution in [0.2, 0.25) is 0 Å². The van der Waals surface area contributed by atoms with Crippen LogP contribution in [0.1, 0.15) is 11.8 Å². The van der Waals surface area contributed by atoms with Gasteiger partial charge in [-0.3, -0.25) is 4.79 Å². The maximum Gasteiger partial charge on any atom is 0.185 e. The monoisotopic (exact) mass is 294 g/mol. The van der Waals surface area contributed by atoms with E-state index in [0.29, 0.717) is 13.2 Å².